The van der Waals surface area contributed by atoms with Gasteiger partial charge in [0.2, 0.25) is 0 Å². The molecule has 1 aromatic heterocycles. The summed E-state index contributed by atoms with van der Waals surface area (Å²) in [5.74, 6) is -0.262. The van der Waals surface area contributed by atoms with E-state index in [1.54, 1.807) is 6.92 Å². The normalized spacial score (nSPS) is 16.4. The third kappa shape index (κ3) is 3.71. The van der Waals surface area contributed by atoms with Gasteiger partial charge in [-0.25, -0.2) is 4.63 Å². The van der Waals surface area contributed by atoms with Crippen molar-refractivity contribution < 1.29 is 9.42 Å². The van der Waals surface area contributed by atoms with Crippen molar-refractivity contribution in [3.63, 3.8) is 0 Å². The molecule has 122 valence electrons. The Morgan fingerprint density at radius 2 is 2.00 bits per heavy atom. The zero-order chi connectivity index (χ0) is 16.2. The average molecular weight is 335 g/mol. The first-order chi connectivity index (χ1) is 11.1. The van der Waals surface area contributed by atoms with E-state index in [0.717, 1.165) is 18.7 Å². The molecule has 0 aliphatic carbocycles. The molecule has 1 amide bonds. The van der Waals surface area contributed by atoms with E-state index in [-0.39, 0.29) is 17.6 Å². The zero-order valence-corrected chi connectivity index (χ0v) is 13.7. The number of benzene rings is 1. The van der Waals surface area contributed by atoms with Gasteiger partial charge in [-0.3, -0.25) is 9.69 Å². The van der Waals surface area contributed by atoms with E-state index in [9.17, 15) is 4.79 Å². The SMILES string of the molecule is Cc1nonc1C(=O)NC[C@@H](c1ccc(Cl)cc1)N1CCCC1. The van der Waals surface area contributed by atoms with E-state index in [4.69, 9.17) is 11.6 Å². The highest BCUT2D eigenvalue weighted by atomic mass is 35.5. The lowest BCUT2D eigenvalue weighted by Gasteiger charge is -2.28. The summed E-state index contributed by atoms with van der Waals surface area (Å²) >= 11 is 5.98. The average Bonchev–Trinajstić information content (AvgIpc) is 3.20. The standard InChI is InChI=1S/C16H19ClN4O2/c1-11-15(20-23-19-11)16(22)18-10-14(21-8-2-3-9-21)12-4-6-13(17)7-5-12/h4-7,14H,2-3,8-10H2,1H3,(H,18,22)/t14-/m0/s1. The van der Waals surface area contributed by atoms with Crippen molar-refractivity contribution in [1.29, 1.82) is 0 Å². The molecule has 1 aliphatic heterocycles. The van der Waals surface area contributed by atoms with Crippen molar-refractivity contribution in [3.05, 3.63) is 46.2 Å². The second-order valence-corrected chi connectivity index (χ2v) is 6.16. The maximum atomic E-state index is 12.2. The lowest BCUT2D eigenvalue weighted by Crippen LogP contribution is -2.37. The van der Waals surface area contributed by atoms with Gasteiger partial charge in [0.25, 0.3) is 5.91 Å². The van der Waals surface area contributed by atoms with Crippen LogP contribution in [0.1, 0.15) is 40.6 Å². The molecule has 1 aliphatic rings. The fourth-order valence-electron chi connectivity index (χ4n) is 2.91. The van der Waals surface area contributed by atoms with Gasteiger partial charge in [-0.2, -0.15) is 0 Å². The van der Waals surface area contributed by atoms with Crippen LogP contribution in [0.15, 0.2) is 28.9 Å². The molecule has 1 fully saturated rings. The minimum atomic E-state index is -0.262. The number of rotatable bonds is 5. The largest absolute Gasteiger partial charge is 0.349 e. The fraction of sp³-hybridized carbons (Fsp3) is 0.438. The molecule has 1 saturated heterocycles. The van der Waals surface area contributed by atoms with Gasteiger partial charge in [-0.15, -0.1) is 0 Å². The summed E-state index contributed by atoms with van der Waals surface area (Å²) in [6.07, 6.45) is 2.37. The molecule has 7 heteroatoms. The Morgan fingerprint density at radius 3 is 2.61 bits per heavy atom. The first-order valence-corrected chi connectivity index (χ1v) is 8.10. The minimum Gasteiger partial charge on any atom is -0.349 e. The Morgan fingerprint density at radius 1 is 1.30 bits per heavy atom. The number of amides is 1. The zero-order valence-electron chi connectivity index (χ0n) is 13.0. The number of halogens is 1. The molecule has 0 bridgehead atoms. The third-order valence-corrected chi connectivity index (χ3v) is 4.41. The molecular weight excluding hydrogens is 316 g/mol. The van der Waals surface area contributed by atoms with Crippen molar-refractivity contribution in [2.45, 2.75) is 25.8 Å². The minimum absolute atomic E-state index is 0.124. The molecule has 0 spiro atoms. The summed E-state index contributed by atoms with van der Waals surface area (Å²) in [6, 6.07) is 7.92. The Kier molecular flexibility index (Phi) is 4.93. The van der Waals surface area contributed by atoms with Gasteiger partial charge in [0.15, 0.2) is 5.69 Å². The lowest BCUT2D eigenvalue weighted by molar-refractivity contribution is 0.0927. The smallest absolute Gasteiger partial charge is 0.275 e. The molecule has 1 aromatic carbocycles. The lowest BCUT2D eigenvalue weighted by atomic mass is 10.1. The number of hydrogen-bond acceptors (Lipinski definition) is 5. The van der Waals surface area contributed by atoms with E-state index in [1.807, 2.05) is 24.3 Å². The van der Waals surface area contributed by atoms with Crippen LogP contribution in [0, 0.1) is 6.92 Å². The van der Waals surface area contributed by atoms with Gasteiger partial charge in [-0.05, 0) is 55.7 Å². The van der Waals surface area contributed by atoms with Crippen molar-refractivity contribution >= 4 is 17.5 Å². The molecule has 2 aromatic rings. The molecular formula is C16H19ClN4O2. The predicted octanol–water partition coefficient (Wildman–Crippen LogP) is 2.60. The summed E-state index contributed by atoms with van der Waals surface area (Å²) < 4.78 is 4.58. The fourth-order valence-corrected chi connectivity index (χ4v) is 3.03. The van der Waals surface area contributed by atoms with Crippen molar-refractivity contribution in [2.24, 2.45) is 0 Å². The number of nitrogens with one attached hydrogen (secondary N) is 1. The third-order valence-electron chi connectivity index (χ3n) is 4.16. The second kappa shape index (κ2) is 7.10. The van der Waals surface area contributed by atoms with Crippen LogP contribution in [0.25, 0.3) is 0 Å². The number of likely N-dealkylation sites (tertiary alicyclic amines) is 1. The topological polar surface area (TPSA) is 71.3 Å². The van der Waals surface area contributed by atoms with Crippen molar-refractivity contribution in [2.75, 3.05) is 19.6 Å². The monoisotopic (exact) mass is 334 g/mol. The van der Waals surface area contributed by atoms with Gasteiger partial charge in [0.05, 0.1) is 6.04 Å². The number of carbonyl (C=O) groups excluding carboxylic acids is 1. The number of aryl methyl sites for hydroxylation is 1. The van der Waals surface area contributed by atoms with Crippen LogP contribution in [0.3, 0.4) is 0 Å². The van der Waals surface area contributed by atoms with Crippen LogP contribution < -0.4 is 5.32 Å². The van der Waals surface area contributed by atoms with Crippen LogP contribution in [0.2, 0.25) is 5.02 Å². The van der Waals surface area contributed by atoms with E-state index >= 15 is 0 Å². The number of nitrogens with zero attached hydrogens (tertiary/aromatic N) is 3. The molecule has 0 saturated carbocycles. The summed E-state index contributed by atoms with van der Waals surface area (Å²) in [4.78, 5) is 14.6. The highest BCUT2D eigenvalue weighted by Gasteiger charge is 2.25. The second-order valence-electron chi connectivity index (χ2n) is 5.72. The Hall–Kier alpha value is -1.92. The highest BCUT2D eigenvalue weighted by molar-refractivity contribution is 6.30. The summed E-state index contributed by atoms with van der Waals surface area (Å²) in [5.41, 5.74) is 1.87. The van der Waals surface area contributed by atoms with Gasteiger partial charge in [-0.1, -0.05) is 28.9 Å². The first-order valence-electron chi connectivity index (χ1n) is 7.72. The van der Waals surface area contributed by atoms with Gasteiger partial charge in [0.1, 0.15) is 5.69 Å². The van der Waals surface area contributed by atoms with Crippen LogP contribution in [0.4, 0.5) is 0 Å². The van der Waals surface area contributed by atoms with Gasteiger partial charge < -0.3 is 5.32 Å². The molecule has 0 unspecified atom stereocenters. The Labute approximate surface area is 139 Å². The van der Waals surface area contributed by atoms with Crippen molar-refractivity contribution in [1.82, 2.24) is 20.5 Å². The van der Waals surface area contributed by atoms with Crippen LogP contribution in [0.5, 0.6) is 0 Å². The maximum absolute atomic E-state index is 12.2. The van der Waals surface area contributed by atoms with Crippen LogP contribution in [-0.4, -0.2) is 40.8 Å². The van der Waals surface area contributed by atoms with E-state index in [0.29, 0.717) is 17.3 Å². The number of carbonyl (C=O) groups is 1. The predicted molar refractivity (Wildman–Crippen MR) is 86.4 cm³/mol. The number of aromatic nitrogens is 2. The molecule has 23 heavy (non-hydrogen) atoms. The molecule has 1 N–H and O–H groups in total. The van der Waals surface area contributed by atoms with Gasteiger partial charge in [0, 0.05) is 11.6 Å². The summed E-state index contributed by atoms with van der Waals surface area (Å²) in [5, 5.41) is 10.9. The van der Waals surface area contributed by atoms with Gasteiger partial charge >= 0.3 is 0 Å². The van der Waals surface area contributed by atoms with Crippen LogP contribution >= 0.6 is 11.6 Å². The van der Waals surface area contributed by atoms with E-state index in [2.05, 4.69) is 25.2 Å². The quantitative estimate of drug-likeness (QED) is 0.910. The van der Waals surface area contributed by atoms with E-state index < -0.39 is 0 Å². The molecule has 1 atom stereocenters. The summed E-state index contributed by atoms with van der Waals surface area (Å²) in [6.45, 7) is 4.27. The highest BCUT2D eigenvalue weighted by Crippen LogP contribution is 2.25. The Balaban J connectivity index is 1.72. The molecule has 0 radical (unpaired) electrons. The molecule has 6 nitrogen and oxygen atoms in total. The molecule has 3 rings (SSSR count). The van der Waals surface area contributed by atoms with Crippen LogP contribution in [-0.2, 0) is 0 Å². The maximum Gasteiger partial charge on any atom is 0.275 e. The summed E-state index contributed by atoms with van der Waals surface area (Å²) in [7, 11) is 0. The van der Waals surface area contributed by atoms with Crippen molar-refractivity contribution in [3.8, 4) is 0 Å². The first kappa shape index (κ1) is 16.0. The van der Waals surface area contributed by atoms with E-state index in [1.165, 1.54) is 12.8 Å². The molecule has 2 heterocycles. The Bertz CT molecular complexity index is 665. The number of hydrogen-bond donors (Lipinski definition) is 1.